The second-order valence-electron chi connectivity index (χ2n) is 3.94. The van der Waals surface area contributed by atoms with Crippen molar-refractivity contribution in [3.63, 3.8) is 0 Å². The lowest BCUT2D eigenvalue weighted by Gasteiger charge is -2.00. The average Bonchev–Trinajstić information content (AvgIpc) is 2.82. The molecule has 94 valence electrons. The van der Waals surface area contributed by atoms with E-state index in [2.05, 4.69) is 5.10 Å². The topological polar surface area (TPSA) is 68.3 Å². The zero-order chi connectivity index (χ0) is 13.2. The van der Waals surface area contributed by atoms with Crippen LogP contribution in [0.2, 0.25) is 0 Å². The first kappa shape index (κ1) is 11.3. The van der Waals surface area contributed by atoms with Gasteiger partial charge >= 0.3 is 5.76 Å². The molecule has 0 saturated carbocycles. The summed E-state index contributed by atoms with van der Waals surface area (Å²) in [6.07, 6.45) is 0. The van der Waals surface area contributed by atoms with Gasteiger partial charge in [-0.05, 0) is 24.3 Å². The molecule has 0 saturated heterocycles. The number of aromatic nitrogens is 2. The molecule has 0 aliphatic carbocycles. The van der Waals surface area contributed by atoms with Gasteiger partial charge in [0.25, 0.3) is 0 Å². The molecule has 0 aliphatic heterocycles. The third-order valence-corrected chi connectivity index (χ3v) is 2.68. The van der Waals surface area contributed by atoms with E-state index in [4.69, 9.17) is 4.42 Å². The normalized spacial score (nSPS) is 10.5. The minimum absolute atomic E-state index is 0.0301. The van der Waals surface area contributed by atoms with E-state index >= 15 is 0 Å². The summed E-state index contributed by atoms with van der Waals surface area (Å²) in [6.45, 7) is 0. The summed E-state index contributed by atoms with van der Waals surface area (Å²) in [7, 11) is 0. The van der Waals surface area contributed by atoms with E-state index in [0.29, 0.717) is 11.3 Å². The van der Waals surface area contributed by atoms with Crippen LogP contribution < -0.4 is 5.76 Å². The predicted molar refractivity (Wildman–Crippen MR) is 69.2 cm³/mol. The van der Waals surface area contributed by atoms with Gasteiger partial charge < -0.3 is 9.52 Å². The summed E-state index contributed by atoms with van der Waals surface area (Å²) >= 11 is 0. The number of rotatable bonds is 2. The lowest BCUT2D eigenvalue weighted by molar-refractivity contribution is 0.465. The van der Waals surface area contributed by atoms with Gasteiger partial charge in [-0.15, -0.1) is 5.10 Å². The molecule has 1 N–H and O–H groups in total. The van der Waals surface area contributed by atoms with E-state index in [1.54, 1.807) is 30.3 Å². The fourth-order valence-corrected chi connectivity index (χ4v) is 1.77. The van der Waals surface area contributed by atoms with Crippen LogP contribution >= 0.6 is 0 Å². The van der Waals surface area contributed by atoms with Crippen molar-refractivity contribution in [1.29, 1.82) is 0 Å². The highest BCUT2D eigenvalue weighted by atomic mass is 16.4. The van der Waals surface area contributed by atoms with Crippen molar-refractivity contribution >= 4 is 0 Å². The highest BCUT2D eigenvalue weighted by molar-refractivity contribution is 5.52. The van der Waals surface area contributed by atoms with Crippen LogP contribution in [0.15, 0.2) is 63.8 Å². The van der Waals surface area contributed by atoms with Crippen LogP contribution in [-0.2, 0) is 0 Å². The Morgan fingerprint density at radius 1 is 1.00 bits per heavy atom. The number of hydrogen-bond acceptors (Lipinski definition) is 4. The van der Waals surface area contributed by atoms with Crippen LogP contribution in [0, 0.1) is 0 Å². The number of aromatic hydroxyl groups is 1. The lowest BCUT2D eigenvalue weighted by atomic mass is 10.2. The Bertz CT molecular complexity index is 760. The fraction of sp³-hybridized carbons (Fsp3) is 0. The second-order valence-corrected chi connectivity index (χ2v) is 3.94. The molecule has 3 aromatic rings. The standard InChI is InChI=1S/C14H10N2O3/c17-12-9-5-4-8-11(12)16-14(18)19-13(15-16)10-6-2-1-3-7-10/h1-9,17H. The summed E-state index contributed by atoms with van der Waals surface area (Å²) in [6, 6.07) is 15.6. The van der Waals surface area contributed by atoms with E-state index in [9.17, 15) is 9.90 Å². The van der Waals surface area contributed by atoms with Gasteiger partial charge in [-0.3, -0.25) is 0 Å². The van der Waals surface area contributed by atoms with Crippen LogP contribution in [0.5, 0.6) is 5.75 Å². The van der Waals surface area contributed by atoms with Gasteiger partial charge in [-0.2, -0.15) is 4.68 Å². The second kappa shape index (κ2) is 4.45. The first-order valence-corrected chi connectivity index (χ1v) is 5.69. The average molecular weight is 254 g/mol. The summed E-state index contributed by atoms with van der Waals surface area (Å²) in [5.74, 6) is -0.452. The van der Waals surface area contributed by atoms with E-state index in [1.807, 2.05) is 18.2 Å². The molecule has 1 aromatic heterocycles. The molecule has 0 bridgehead atoms. The molecule has 19 heavy (non-hydrogen) atoms. The van der Waals surface area contributed by atoms with E-state index in [-0.39, 0.29) is 11.6 Å². The third-order valence-electron chi connectivity index (χ3n) is 2.68. The molecule has 0 atom stereocenters. The predicted octanol–water partition coefficient (Wildman–Crippen LogP) is 2.20. The van der Waals surface area contributed by atoms with Crippen molar-refractivity contribution in [1.82, 2.24) is 9.78 Å². The summed E-state index contributed by atoms with van der Waals surface area (Å²) in [5, 5.41) is 13.8. The Kier molecular flexibility index (Phi) is 2.64. The number of nitrogens with zero attached hydrogens (tertiary/aromatic N) is 2. The maximum atomic E-state index is 11.8. The van der Waals surface area contributed by atoms with Crippen molar-refractivity contribution in [2.45, 2.75) is 0 Å². The zero-order valence-corrected chi connectivity index (χ0v) is 9.85. The monoisotopic (exact) mass is 254 g/mol. The van der Waals surface area contributed by atoms with Crippen LogP contribution in [0.25, 0.3) is 17.1 Å². The van der Waals surface area contributed by atoms with Gasteiger partial charge in [-0.25, -0.2) is 4.79 Å². The number of para-hydroxylation sites is 2. The molecule has 0 amide bonds. The summed E-state index contributed by atoms with van der Waals surface area (Å²) in [4.78, 5) is 11.8. The highest BCUT2D eigenvalue weighted by Crippen LogP contribution is 2.20. The SMILES string of the molecule is O=c1oc(-c2ccccc2)nn1-c1ccccc1O. The van der Waals surface area contributed by atoms with Crippen molar-refractivity contribution in [3.05, 3.63) is 65.1 Å². The first-order valence-electron chi connectivity index (χ1n) is 5.69. The quantitative estimate of drug-likeness (QED) is 0.761. The largest absolute Gasteiger partial charge is 0.506 e. The molecule has 0 spiro atoms. The van der Waals surface area contributed by atoms with Crippen LogP contribution in [0.4, 0.5) is 0 Å². The van der Waals surface area contributed by atoms with E-state index < -0.39 is 5.76 Å². The molecular weight excluding hydrogens is 244 g/mol. The Morgan fingerprint density at radius 2 is 1.68 bits per heavy atom. The molecule has 2 aromatic carbocycles. The molecule has 0 aliphatic rings. The summed E-state index contributed by atoms with van der Waals surface area (Å²) < 4.78 is 6.13. The molecule has 0 unspecified atom stereocenters. The molecule has 5 nitrogen and oxygen atoms in total. The first-order chi connectivity index (χ1) is 9.25. The van der Waals surface area contributed by atoms with Gasteiger partial charge in [0.2, 0.25) is 5.89 Å². The minimum atomic E-state index is -0.639. The molecule has 0 radical (unpaired) electrons. The Morgan fingerprint density at radius 3 is 2.42 bits per heavy atom. The number of benzene rings is 2. The van der Waals surface area contributed by atoms with Gasteiger partial charge in [0.1, 0.15) is 11.4 Å². The molecule has 3 rings (SSSR count). The van der Waals surface area contributed by atoms with E-state index in [0.717, 1.165) is 4.68 Å². The van der Waals surface area contributed by atoms with Gasteiger partial charge in [0.15, 0.2) is 0 Å². The smallest absolute Gasteiger partial charge is 0.442 e. The zero-order valence-electron chi connectivity index (χ0n) is 9.85. The van der Waals surface area contributed by atoms with Crippen LogP contribution in [0.3, 0.4) is 0 Å². The van der Waals surface area contributed by atoms with Crippen molar-refractivity contribution in [2.24, 2.45) is 0 Å². The van der Waals surface area contributed by atoms with Crippen LogP contribution in [-0.4, -0.2) is 14.9 Å². The van der Waals surface area contributed by atoms with Gasteiger partial charge in [0, 0.05) is 5.56 Å². The van der Waals surface area contributed by atoms with Crippen molar-refractivity contribution in [3.8, 4) is 22.9 Å². The van der Waals surface area contributed by atoms with Crippen molar-refractivity contribution in [2.75, 3.05) is 0 Å². The number of phenols is 1. The lowest BCUT2D eigenvalue weighted by Crippen LogP contribution is -2.13. The third kappa shape index (κ3) is 2.01. The Hall–Kier alpha value is -2.82. The maximum Gasteiger partial charge on any atom is 0.442 e. The Balaban J connectivity index is 2.14. The van der Waals surface area contributed by atoms with Crippen LogP contribution in [0.1, 0.15) is 0 Å². The molecule has 5 heteroatoms. The fourth-order valence-electron chi connectivity index (χ4n) is 1.77. The molecule has 0 fully saturated rings. The number of phenolic OH excluding ortho intramolecular Hbond substituents is 1. The van der Waals surface area contributed by atoms with Crippen molar-refractivity contribution < 1.29 is 9.52 Å². The number of hydrogen-bond donors (Lipinski definition) is 1. The van der Waals surface area contributed by atoms with E-state index in [1.165, 1.54) is 6.07 Å². The molecular formula is C14H10N2O3. The molecule has 1 heterocycles. The van der Waals surface area contributed by atoms with Gasteiger partial charge in [0.05, 0.1) is 0 Å². The maximum absolute atomic E-state index is 11.8. The highest BCUT2D eigenvalue weighted by Gasteiger charge is 2.13. The minimum Gasteiger partial charge on any atom is -0.506 e. The Labute approximate surface area is 108 Å². The summed E-state index contributed by atoms with van der Waals surface area (Å²) in [5.41, 5.74) is 0.993. The van der Waals surface area contributed by atoms with Gasteiger partial charge in [-0.1, -0.05) is 30.3 Å².